The van der Waals surface area contributed by atoms with Crippen molar-refractivity contribution >= 4 is 0 Å². The lowest BCUT2D eigenvalue weighted by Gasteiger charge is -2.22. The van der Waals surface area contributed by atoms with E-state index in [1.807, 2.05) is 19.9 Å². The Labute approximate surface area is 119 Å². The molecule has 1 fully saturated rings. The van der Waals surface area contributed by atoms with E-state index in [0.717, 1.165) is 5.56 Å². The minimum Gasteiger partial charge on any atom is -0.491 e. The summed E-state index contributed by atoms with van der Waals surface area (Å²) in [6.07, 6.45) is 0.0247. The van der Waals surface area contributed by atoms with Gasteiger partial charge in [-0.1, -0.05) is 0 Å². The zero-order chi connectivity index (χ0) is 14.7. The van der Waals surface area contributed by atoms with Gasteiger partial charge in [-0.15, -0.1) is 0 Å². The highest BCUT2D eigenvalue weighted by Gasteiger charge is 2.34. The zero-order valence-electron chi connectivity index (χ0n) is 12.4. The van der Waals surface area contributed by atoms with Crippen LogP contribution in [-0.2, 0) is 4.74 Å². The van der Waals surface area contributed by atoms with Crippen LogP contribution in [0.4, 0.5) is 4.39 Å². The van der Waals surface area contributed by atoms with Crippen LogP contribution in [0.3, 0.4) is 0 Å². The van der Waals surface area contributed by atoms with Gasteiger partial charge in [0.1, 0.15) is 11.6 Å². The normalized spacial score (nSPS) is 26.2. The Kier molecular flexibility index (Phi) is 4.96. The first-order chi connectivity index (χ1) is 9.51. The molecule has 1 aliphatic heterocycles. The zero-order valence-corrected chi connectivity index (χ0v) is 12.4. The third-order valence-corrected chi connectivity index (χ3v) is 3.47. The largest absolute Gasteiger partial charge is 0.491 e. The van der Waals surface area contributed by atoms with Crippen LogP contribution in [-0.4, -0.2) is 31.9 Å². The second-order valence-corrected chi connectivity index (χ2v) is 5.55. The molecule has 0 amide bonds. The van der Waals surface area contributed by atoms with Gasteiger partial charge in [0, 0.05) is 25.1 Å². The number of rotatable bonds is 5. The van der Waals surface area contributed by atoms with E-state index < -0.39 is 0 Å². The average Bonchev–Trinajstić information content (AvgIpc) is 2.69. The molecule has 112 valence electrons. The van der Waals surface area contributed by atoms with Crippen molar-refractivity contribution < 1.29 is 13.9 Å². The average molecular weight is 282 g/mol. The summed E-state index contributed by atoms with van der Waals surface area (Å²) in [5, 5.41) is 0. The van der Waals surface area contributed by atoms with Crippen molar-refractivity contribution in [1.29, 1.82) is 0 Å². The molecule has 0 radical (unpaired) electrons. The van der Waals surface area contributed by atoms with E-state index in [1.165, 1.54) is 6.07 Å². The van der Waals surface area contributed by atoms with Gasteiger partial charge in [0.2, 0.25) is 0 Å². The third-order valence-electron chi connectivity index (χ3n) is 3.47. The van der Waals surface area contributed by atoms with E-state index in [4.69, 9.17) is 9.47 Å². The van der Waals surface area contributed by atoms with Crippen LogP contribution in [0.2, 0.25) is 0 Å². The van der Waals surface area contributed by atoms with Gasteiger partial charge in [0.25, 0.3) is 0 Å². The standard InChI is InChI=1S/C15H23FN2O2/c1-9(2)20-13-6-11(5-12(16)7-13)15-10(3)17-18-14(15)8-19-4/h5-7,9-10,14-15,17-18H,8H2,1-4H3. The molecule has 2 rings (SSSR count). The maximum absolute atomic E-state index is 13.8. The fraction of sp³-hybridized carbons (Fsp3) is 0.600. The molecular weight excluding hydrogens is 259 g/mol. The van der Waals surface area contributed by atoms with E-state index >= 15 is 0 Å². The summed E-state index contributed by atoms with van der Waals surface area (Å²) < 4.78 is 24.7. The van der Waals surface area contributed by atoms with E-state index in [2.05, 4.69) is 17.8 Å². The Bertz CT molecular complexity index is 451. The van der Waals surface area contributed by atoms with E-state index in [9.17, 15) is 4.39 Å². The summed E-state index contributed by atoms with van der Waals surface area (Å²) in [5.41, 5.74) is 7.31. The van der Waals surface area contributed by atoms with Crippen LogP contribution in [0.15, 0.2) is 18.2 Å². The molecule has 1 aromatic carbocycles. The first-order valence-electron chi connectivity index (χ1n) is 6.98. The SMILES string of the molecule is COCC1NNC(C)C1c1cc(F)cc(OC(C)C)c1. The van der Waals surface area contributed by atoms with Gasteiger partial charge in [-0.2, -0.15) is 0 Å². The van der Waals surface area contributed by atoms with Gasteiger partial charge in [-0.3, -0.25) is 10.9 Å². The molecular formula is C15H23FN2O2. The fourth-order valence-corrected chi connectivity index (χ4v) is 2.73. The minimum atomic E-state index is -0.270. The number of hydrazine groups is 1. The summed E-state index contributed by atoms with van der Waals surface area (Å²) in [4.78, 5) is 0. The van der Waals surface area contributed by atoms with E-state index in [-0.39, 0.29) is 29.9 Å². The summed E-state index contributed by atoms with van der Waals surface area (Å²) in [7, 11) is 1.67. The second kappa shape index (κ2) is 6.52. The quantitative estimate of drug-likeness (QED) is 0.869. The number of halogens is 1. The molecule has 0 aliphatic carbocycles. The molecule has 0 aromatic heterocycles. The van der Waals surface area contributed by atoms with Crippen LogP contribution in [0.1, 0.15) is 32.3 Å². The highest BCUT2D eigenvalue weighted by atomic mass is 19.1. The van der Waals surface area contributed by atoms with E-state index in [1.54, 1.807) is 13.2 Å². The van der Waals surface area contributed by atoms with Gasteiger partial charge < -0.3 is 9.47 Å². The molecule has 2 N–H and O–H groups in total. The lowest BCUT2D eigenvalue weighted by atomic mass is 9.88. The van der Waals surface area contributed by atoms with Crippen molar-refractivity contribution in [3.8, 4) is 5.75 Å². The van der Waals surface area contributed by atoms with Crippen LogP contribution in [0.5, 0.6) is 5.75 Å². The summed E-state index contributed by atoms with van der Waals surface area (Å²) in [6.45, 7) is 6.50. The maximum Gasteiger partial charge on any atom is 0.127 e. The predicted molar refractivity (Wildman–Crippen MR) is 76.3 cm³/mol. The molecule has 3 unspecified atom stereocenters. The molecule has 3 atom stereocenters. The second-order valence-electron chi connectivity index (χ2n) is 5.55. The molecule has 0 saturated carbocycles. The molecule has 1 aliphatic rings. The predicted octanol–water partition coefficient (Wildman–Crippen LogP) is 2.21. The van der Waals surface area contributed by atoms with Crippen molar-refractivity contribution in [3.63, 3.8) is 0 Å². The van der Waals surface area contributed by atoms with Crippen molar-refractivity contribution in [2.24, 2.45) is 0 Å². The topological polar surface area (TPSA) is 42.5 Å². The van der Waals surface area contributed by atoms with Crippen LogP contribution in [0, 0.1) is 5.82 Å². The molecule has 5 heteroatoms. The number of hydrogen-bond acceptors (Lipinski definition) is 4. The summed E-state index contributed by atoms with van der Waals surface area (Å²) in [6, 6.07) is 5.23. The molecule has 4 nitrogen and oxygen atoms in total. The molecule has 1 saturated heterocycles. The molecule has 1 heterocycles. The minimum absolute atomic E-state index is 0.0247. The maximum atomic E-state index is 13.8. The third kappa shape index (κ3) is 3.48. The lowest BCUT2D eigenvalue weighted by Crippen LogP contribution is -2.35. The molecule has 1 aromatic rings. The Morgan fingerprint density at radius 3 is 2.65 bits per heavy atom. The highest BCUT2D eigenvalue weighted by molar-refractivity contribution is 5.34. The highest BCUT2D eigenvalue weighted by Crippen LogP contribution is 2.31. The summed E-state index contributed by atoms with van der Waals surface area (Å²) in [5.74, 6) is 0.443. The first-order valence-corrected chi connectivity index (χ1v) is 6.98. The van der Waals surface area contributed by atoms with Gasteiger partial charge in [-0.05, 0) is 38.5 Å². The summed E-state index contributed by atoms with van der Waals surface area (Å²) >= 11 is 0. The Morgan fingerprint density at radius 1 is 1.25 bits per heavy atom. The van der Waals surface area contributed by atoms with Gasteiger partial charge in [-0.25, -0.2) is 4.39 Å². The van der Waals surface area contributed by atoms with Crippen LogP contribution in [0.25, 0.3) is 0 Å². The smallest absolute Gasteiger partial charge is 0.127 e. The molecule has 20 heavy (non-hydrogen) atoms. The monoisotopic (exact) mass is 282 g/mol. The van der Waals surface area contributed by atoms with E-state index in [0.29, 0.717) is 12.4 Å². The first kappa shape index (κ1) is 15.2. The van der Waals surface area contributed by atoms with Crippen molar-refractivity contribution in [1.82, 2.24) is 10.9 Å². The molecule has 0 spiro atoms. The Balaban J connectivity index is 2.27. The van der Waals surface area contributed by atoms with Crippen LogP contribution < -0.4 is 15.6 Å². The fourth-order valence-electron chi connectivity index (χ4n) is 2.73. The Morgan fingerprint density at radius 2 is 2.00 bits per heavy atom. The Hall–Kier alpha value is -1.17. The van der Waals surface area contributed by atoms with Crippen molar-refractivity contribution in [3.05, 3.63) is 29.6 Å². The number of methoxy groups -OCH3 is 1. The van der Waals surface area contributed by atoms with Crippen LogP contribution >= 0.6 is 0 Å². The van der Waals surface area contributed by atoms with Crippen molar-refractivity contribution in [2.75, 3.05) is 13.7 Å². The van der Waals surface area contributed by atoms with Crippen molar-refractivity contribution in [2.45, 2.75) is 44.9 Å². The lowest BCUT2D eigenvalue weighted by molar-refractivity contribution is 0.165. The number of hydrogen-bond donors (Lipinski definition) is 2. The number of nitrogens with one attached hydrogen (secondary N) is 2. The molecule has 0 bridgehead atoms. The van der Waals surface area contributed by atoms with Gasteiger partial charge >= 0.3 is 0 Å². The number of benzene rings is 1. The van der Waals surface area contributed by atoms with Gasteiger partial charge in [0.15, 0.2) is 0 Å². The van der Waals surface area contributed by atoms with Gasteiger partial charge in [0.05, 0.1) is 18.8 Å². The number of ether oxygens (including phenoxy) is 2.